The van der Waals surface area contributed by atoms with Gasteiger partial charge in [0, 0.05) is 41.3 Å². The van der Waals surface area contributed by atoms with Gasteiger partial charge in [0.05, 0.1) is 0 Å². The van der Waals surface area contributed by atoms with E-state index in [1.807, 2.05) is 13.8 Å². The van der Waals surface area contributed by atoms with Crippen molar-refractivity contribution in [3.63, 3.8) is 0 Å². The Balaban J connectivity index is 1.57. The maximum absolute atomic E-state index is 14.9. The minimum Gasteiger partial charge on any atom is -0.378 e. The number of pyridine rings is 2. The van der Waals surface area contributed by atoms with Crippen molar-refractivity contribution in [2.75, 3.05) is 5.32 Å². The van der Waals surface area contributed by atoms with Crippen LogP contribution >= 0.6 is 0 Å². The Hall–Kier alpha value is -3.76. The Kier molecular flexibility index (Phi) is 8.43. The number of alkyl halides is 2. The molecular formula is C27H31F3N6O2. The Morgan fingerprint density at radius 2 is 1.74 bits per heavy atom. The van der Waals surface area contributed by atoms with E-state index >= 15 is 0 Å². The predicted molar refractivity (Wildman–Crippen MR) is 137 cm³/mol. The van der Waals surface area contributed by atoms with Crippen LogP contribution in [-0.4, -0.2) is 40.1 Å². The molecule has 2 amide bonds. The van der Waals surface area contributed by atoms with Crippen molar-refractivity contribution >= 4 is 23.8 Å². The largest absolute Gasteiger partial charge is 0.378 e. The SMILES string of the molecule is CC(C)N/C(=C\C=N)C(=O)NC(C(=O)Nc1ccc(-c2cnccc2C(F)F)c(F)n1)C(C1CC1)C1CC1. The number of nitrogens with zero attached hydrogens (tertiary/aromatic N) is 2. The van der Waals surface area contributed by atoms with Crippen molar-refractivity contribution in [3.8, 4) is 11.1 Å². The molecule has 4 N–H and O–H groups in total. The fourth-order valence-corrected chi connectivity index (χ4v) is 4.76. The summed E-state index contributed by atoms with van der Waals surface area (Å²) in [5.74, 6) is -1.65. The summed E-state index contributed by atoms with van der Waals surface area (Å²) in [6.45, 7) is 3.71. The molecule has 2 heterocycles. The summed E-state index contributed by atoms with van der Waals surface area (Å²) in [6.07, 6.45) is 5.71. The predicted octanol–water partition coefficient (Wildman–Crippen LogP) is 4.61. The molecule has 202 valence electrons. The summed E-state index contributed by atoms with van der Waals surface area (Å²) in [5.41, 5.74) is -0.453. The van der Waals surface area contributed by atoms with E-state index in [4.69, 9.17) is 5.41 Å². The fourth-order valence-electron chi connectivity index (χ4n) is 4.76. The summed E-state index contributed by atoms with van der Waals surface area (Å²) in [6, 6.07) is 2.76. The molecule has 0 saturated heterocycles. The van der Waals surface area contributed by atoms with Gasteiger partial charge in [-0.2, -0.15) is 4.39 Å². The highest BCUT2D eigenvalue weighted by Crippen LogP contribution is 2.51. The van der Waals surface area contributed by atoms with Crippen LogP contribution in [0.4, 0.5) is 19.0 Å². The number of allylic oxidation sites excluding steroid dienone is 1. The van der Waals surface area contributed by atoms with E-state index in [2.05, 4.69) is 25.9 Å². The first-order chi connectivity index (χ1) is 18.2. The molecule has 0 bridgehead atoms. The molecule has 2 aliphatic rings. The van der Waals surface area contributed by atoms with Crippen molar-refractivity contribution < 1.29 is 22.8 Å². The van der Waals surface area contributed by atoms with Crippen LogP contribution in [0.15, 0.2) is 42.4 Å². The van der Waals surface area contributed by atoms with Gasteiger partial charge in [0.2, 0.25) is 11.9 Å². The second kappa shape index (κ2) is 11.7. The van der Waals surface area contributed by atoms with Gasteiger partial charge in [0.1, 0.15) is 17.6 Å². The maximum atomic E-state index is 14.9. The molecule has 1 atom stereocenters. The number of carbonyl (C=O) groups is 2. The first-order valence-electron chi connectivity index (χ1n) is 12.7. The van der Waals surface area contributed by atoms with Gasteiger partial charge in [0.15, 0.2) is 0 Å². The second-order valence-corrected chi connectivity index (χ2v) is 10.0. The van der Waals surface area contributed by atoms with Crippen molar-refractivity contribution in [3.05, 3.63) is 53.9 Å². The third-order valence-corrected chi connectivity index (χ3v) is 6.71. The molecule has 2 aliphatic carbocycles. The number of amides is 2. The maximum Gasteiger partial charge on any atom is 0.268 e. The van der Waals surface area contributed by atoms with Crippen LogP contribution in [0, 0.1) is 29.1 Å². The lowest BCUT2D eigenvalue weighted by Crippen LogP contribution is -2.51. The molecule has 0 radical (unpaired) electrons. The quantitative estimate of drug-likeness (QED) is 0.182. The van der Waals surface area contributed by atoms with Gasteiger partial charge in [-0.3, -0.25) is 14.6 Å². The summed E-state index contributed by atoms with van der Waals surface area (Å²) in [4.78, 5) is 34.2. The standard InChI is InChI=1S/C27H31F3N6O2/c1-14(2)33-20(9-11-31)26(37)36-23(22(15-3-4-15)16-5-6-16)27(38)35-21-8-7-18(25(30)34-21)19-13-32-12-10-17(19)24(28)29/h7-16,22-24,31,33H,3-6H2,1-2H3,(H,36,37)(H,34,35,38)/b20-9-,31-11?. The average molecular weight is 529 g/mol. The van der Waals surface area contributed by atoms with Crippen LogP contribution in [0.3, 0.4) is 0 Å². The van der Waals surface area contributed by atoms with Gasteiger partial charge < -0.3 is 21.4 Å². The van der Waals surface area contributed by atoms with Gasteiger partial charge in [-0.05, 0) is 81.6 Å². The first-order valence-corrected chi connectivity index (χ1v) is 12.7. The van der Waals surface area contributed by atoms with E-state index in [-0.39, 0.29) is 40.2 Å². The molecule has 2 fully saturated rings. The normalized spacial score (nSPS) is 16.5. The van der Waals surface area contributed by atoms with Gasteiger partial charge in [-0.1, -0.05) is 0 Å². The molecule has 0 aromatic carbocycles. The second-order valence-electron chi connectivity index (χ2n) is 10.0. The molecule has 0 spiro atoms. The summed E-state index contributed by atoms with van der Waals surface area (Å²) in [5, 5.41) is 15.8. The van der Waals surface area contributed by atoms with Crippen molar-refractivity contribution in [1.82, 2.24) is 20.6 Å². The number of nitrogens with one attached hydrogen (secondary N) is 4. The fraction of sp³-hybridized carbons (Fsp3) is 0.444. The van der Waals surface area contributed by atoms with Gasteiger partial charge in [-0.15, -0.1) is 0 Å². The highest BCUT2D eigenvalue weighted by molar-refractivity contribution is 6.02. The van der Waals surface area contributed by atoms with Crippen LogP contribution in [0.2, 0.25) is 0 Å². The summed E-state index contributed by atoms with van der Waals surface area (Å²) in [7, 11) is 0. The van der Waals surface area contributed by atoms with Crippen LogP contribution < -0.4 is 16.0 Å². The Morgan fingerprint density at radius 1 is 1.05 bits per heavy atom. The molecule has 2 aromatic rings. The van der Waals surface area contributed by atoms with Crippen LogP contribution in [0.25, 0.3) is 11.1 Å². The zero-order chi connectivity index (χ0) is 27.4. The number of rotatable bonds is 12. The molecule has 2 saturated carbocycles. The van der Waals surface area contributed by atoms with Crippen LogP contribution in [0.5, 0.6) is 0 Å². The molecule has 8 nitrogen and oxygen atoms in total. The van der Waals surface area contributed by atoms with Gasteiger partial charge >= 0.3 is 0 Å². The monoisotopic (exact) mass is 528 g/mol. The van der Waals surface area contributed by atoms with Crippen LogP contribution in [0.1, 0.15) is 51.5 Å². The Labute approximate surface area is 219 Å². The Morgan fingerprint density at radius 3 is 2.29 bits per heavy atom. The zero-order valence-corrected chi connectivity index (χ0v) is 21.2. The van der Waals surface area contributed by atoms with Gasteiger partial charge in [-0.25, -0.2) is 13.8 Å². The smallest absolute Gasteiger partial charge is 0.268 e. The third-order valence-electron chi connectivity index (χ3n) is 6.71. The number of halogens is 3. The lowest BCUT2D eigenvalue weighted by Gasteiger charge is -2.28. The number of aromatic nitrogens is 2. The van der Waals surface area contributed by atoms with E-state index in [1.54, 1.807) is 0 Å². The molecule has 2 aromatic heterocycles. The van der Waals surface area contributed by atoms with Crippen molar-refractivity contribution in [1.29, 1.82) is 5.41 Å². The Bertz CT molecular complexity index is 1220. The zero-order valence-electron chi connectivity index (χ0n) is 21.2. The van der Waals surface area contributed by atoms with Gasteiger partial charge in [0.25, 0.3) is 12.3 Å². The average Bonchev–Trinajstić information content (AvgIpc) is 3.79. The summed E-state index contributed by atoms with van der Waals surface area (Å²) < 4.78 is 41.7. The lowest BCUT2D eigenvalue weighted by atomic mass is 9.88. The first kappa shape index (κ1) is 27.3. The number of hydrogen-bond donors (Lipinski definition) is 4. The van der Waals surface area contributed by atoms with E-state index < -0.39 is 30.2 Å². The van der Waals surface area contributed by atoms with E-state index in [0.29, 0.717) is 11.8 Å². The molecule has 0 aliphatic heterocycles. The topological polar surface area (TPSA) is 120 Å². The molecule has 38 heavy (non-hydrogen) atoms. The molecule has 1 unspecified atom stereocenters. The van der Waals surface area contributed by atoms with E-state index in [0.717, 1.165) is 44.2 Å². The van der Waals surface area contributed by atoms with Crippen molar-refractivity contribution in [2.45, 2.75) is 58.0 Å². The highest BCUT2D eigenvalue weighted by Gasteiger charge is 2.48. The number of carbonyl (C=O) groups excluding carboxylic acids is 2. The number of hydrogen-bond acceptors (Lipinski definition) is 6. The molecular weight excluding hydrogens is 497 g/mol. The minimum absolute atomic E-state index is 0.0713. The van der Waals surface area contributed by atoms with Crippen LogP contribution in [-0.2, 0) is 9.59 Å². The highest BCUT2D eigenvalue weighted by atomic mass is 19.3. The summed E-state index contributed by atoms with van der Waals surface area (Å²) >= 11 is 0. The lowest BCUT2D eigenvalue weighted by molar-refractivity contribution is -0.126. The van der Waals surface area contributed by atoms with Crippen molar-refractivity contribution in [2.24, 2.45) is 17.8 Å². The number of anilines is 1. The third kappa shape index (κ3) is 6.56. The molecule has 11 heteroatoms. The van der Waals surface area contributed by atoms with E-state index in [9.17, 15) is 22.8 Å². The molecule has 4 rings (SSSR count). The minimum atomic E-state index is -2.82. The van der Waals surface area contributed by atoms with E-state index in [1.165, 1.54) is 24.4 Å².